The van der Waals surface area contributed by atoms with E-state index in [0.717, 1.165) is 0 Å². The average molecular weight is 247 g/mol. The Hall–Kier alpha value is -0.860. The molecule has 0 saturated heterocycles. The molecule has 0 amide bonds. The van der Waals surface area contributed by atoms with Crippen molar-refractivity contribution in [2.24, 2.45) is 0 Å². The maximum atomic E-state index is 9.57. The van der Waals surface area contributed by atoms with Crippen molar-refractivity contribution >= 4 is 0 Å². The van der Waals surface area contributed by atoms with Crippen LogP contribution in [0.15, 0.2) is 30.3 Å². The summed E-state index contributed by atoms with van der Waals surface area (Å²) >= 11 is 0. The van der Waals surface area contributed by atoms with Crippen LogP contribution in [0.2, 0.25) is 0 Å². The summed E-state index contributed by atoms with van der Waals surface area (Å²) in [5.74, 6) is 0. The van der Waals surface area contributed by atoms with Crippen LogP contribution in [0.25, 0.3) is 0 Å². The molecule has 0 aromatic heterocycles. The van der Waals surface area contributed by atoms with Crippen LogP contribution in [0.1, 0.15) is 56.6 Å². The van der Waals surface area contributed by atoms with Gasteiger partial charge < -0.3 is 10.4 Å². The highest BCUT2D eigenvalue weighted by atomic mass is 16.3. The van der Waals surface area contributed by atoms with E-state index in [1.807, 2.05) is 18.2 Å². The molecular weight excluding hydrogens is 222 g/mol. The smallest absolute Gasteiger partial charge is 0.0626 e. The minimum absolute atomic E-state index is 0.0932. The van der Waals surface area contributed by atoms with E-state index in [9.17, 15) is 5.11 Å². The molecule has 100 valence electrons. The number of rotatable bonds is 4. The van der Waals surface area contributed by atoms with Gasteiger partial charge in [-0.3, -0.25) is 0 Å². The van der Waals surface area contributed by atoms with Gasteiger partial charge in [-0.1, -0.05) is 62.4 Å². The second-order valence-corrected chi connectivity index (χ2v) is 5.35. The molecule has 0 bridgehead atoms. The number of hydrogen-bond acceptors (Lipinski definition) is 2. The number of hydrogen-bond donors (Lipinski definition) is 2. The molecule has 1 unspecified atom stereocenters. The fraction of sp³-hybridized carbons (Fsp3) is 0.625. The first kappa shape index (κ1) is 13.6. The zero-order valence-corrected chi connectivity index (χ0v) is 11.1. The summed E-state index contributed by atoms with van der Waals surface area (Å²) < 4.78 is 0. The minimum atomic E-state index is 0.0932. The van der Waals surface area contributed by atoms with E-state index in [4.69, 9.17) is 0 Å². The van der Waals surface area contributed by atoms with Crippen LogP contribution in [0, 0.1) is 0 Å². The molecule has 2 N–H and O–H groups in total. The lowest BCUT2D eigenvalue weighted by Gasteiger charge is -2.26. The van der Waals surface area contributed by atoms with Crippen LogP contribution in [0.5, 0.6) is 0 Å². The largest absolute Gasteiger partial charge is 0.394 e. The van der Waals surface area contributed by atoms with Crippen molar-refractivity contribution in [3.63, 3.8) is 0 Å². The number of nitrogens with one attached hydrogen (secondary N) is 1. The zero-order valence-electron chi connectivity index (χ0n) is 11.1. The van der Waals surface area contributed by atoms with Crippen LogP contribution in [-0.2, 0) is 0 Å². The first-order chi connectivity index (χ1) is 8.90. The SMILES string of the molecule is OCC(NC1CCCCCCC1)c1ccccc1. The summed E-state index contributed by atoms with van der Waals surface area (Å²) in [5, 5.41) is 13.2. The van der Waals surface area contributed by atoms with Gasteiger partial charge in [-0.05, 0) is 18.4 Å². The Kier molecular flexibility index (Phi) is 5.69. The van der Waals surface area contributed by atoms with Gasteiger partial charge in [-0.2, -0.15) is 0 Å². The summed E-state index contributed by atoms with van der Waals surface area (Å²) in [5.41, 5.74) is 1.20. The second-order valence-electron chi connectivity index (χ2n) is 5.35. The molecule has 1 aliphatic rings. The summed E-state index contributed by atoms with van der Waals surface area (Å²) in [4.78, 5) is 0. The highest BCUT2D eigenvalue weighted by Crippen LogP contribution is 2.20. The second kappa shape index (κ2) is 7.55. The van der Waals surface area contributed by atoms with Crippen LogP contribution in [0.3, 0.4) is 0 Å². The Morgan fingerprint density at radius 2 is 1.61 bits per heavy atom. The lowest BCUT2D eigenvalue weighted by Crippen LogP contribution is -2.35. The molecular formula is C16H25NO. The first-order valence-corrected chi connectivity index (χ1v) is 7.32. The molecule has 1 atom stereocenters. The molecule has 18 heavy (non-hydrogen) atoms. The molecule has 1 fully saturated rings. The Morgan fingerprint density at radius 1 is 1.00 bits per heavy atom. The Morgan fingerprint density at radius 3 is 2.22 bits per heavy atom. The normalized spacial score (nSPS) is 20.1. The van der Waals surface area contributed by atoms with Crippen LogP contribution < -0.4 is 5.32 Å². The Labute approximate surface area is 110 Å². The number of aliphatic hydroxyl groups excluding tert-OH is 1. The molecule has 0 heterocycles. The molecule has 1 saturated carbocycles. The molecule has 2 heteroatoms. The molecule has 0 radical (unpaired) electrons. The molecule has 1 aromatic rings. The maximum absolute atomic E-state index is 9.57. The number of aliphatic hydroxyl groups is 1. The quantitative estimate of drug-likeness (QED) is 0.854. The third-order valence-corrected chi connectivity index (χ3v) is 3.93. The molecule has 0 spiro atoms. The molecule has 1 aliphatic carbocycles. The van der Waals surface area contributed by atoms with Gasteiger partial charge in [0.1, 0.15) is 0 Å². The fourth-order valence-corrected chi connectivity index (χ4v) is 2.85. The van der Waals surface area contributed by atoms with Crippen molar-refractivity contribution in [1.82, 2.24) is 5.32 Å². The maximum Gasteiger partial charge on any atom is 0.0626 e. The molecule has 0 aliphatic heterocycles. The molecule has 2 rings (SSSR count). The Balaban J connectivity index is 1.92. The average Bonchev–Trinajstić information content (AvgIpc) is 2.39. The van der Waals surface area contributed by atoms with Gasteiger partial charge in [0.15, 0.2) is 0 Å². The molecule has 1 aromatic carbocycles. The predicted octanol–water partition coefficient (Wildman–Crippen LogP) is 3.42. The third kappa shape index (κ3) is 4.11. The summed E-state index contributed by atoms with van der Waals surface area (Å²) in [6, 6.07) is 11.0. The van der Waals surface area contributed by atoms with Crippen LogP contribution >= 0.6 is 0 Å². The van der Waals surface area contributed by atoms with Crippen molar-refractivity contribution in [2.45, 2.75) is 57.0 Å². The highest BCUT2D eigenvalue weighted by molar-refractivity contribution is 5.19. The predicted molar refractivity (Wildman–Crippen MR) is 75.5 cm³/mol. The fourth-order valence-electron chi connectivity index (χ4n) is 2.85. The highest BCUT2D eigenvalue weighted by Gasteiger charge is 2.16. The molecule has 2 nitrogen and oxygen atoms in total. The van der Waals surface area contributed by atoms with Gasteiger partial charge in [-0.15, -0.1) is 0 Å². The first-order valence-electron chi connectivity index (χ1n) is 7.32. The van der Waals surface area contributed by atoms with E-state index >= 15 is 0 Å². The number of benzene rings is 1. The zero-order chi connectivity index (χ0) is 12.6. The minimum Gasteiger partial charge on any atom is -0.394 e. The van der Waals surface area contributed by atoms with Gasteiger partial charge in [0.05, 0.1) is 12.6 Å². The monoisotopic (exact) mass is 247 g/mol. The van der Waals surface area contributed by atoms with Crippen LogP contribution in [0.4, 0.5) is 0 Å². The van der Waals surface area contributed by atoms with E-state index in [-0.39, 0.29) is 12.6 Å². The van der Waals surface area contributed by atoms with Gasteiger partial charge >= 0.3 is 0 Å². The van der Waals surface area contributed by atoms with Gasteiger partial charge in [0.2, 0.25) is 0 Å². The van der Waals surface area contributed by atoms with E-state index in [2.05, 4.69) is 17.4 Å². The van der Waals surface area contributed by atoms with Crippen molar-refractivity contribution in [1.29, 1.82) is 0 Å². The Bertz CT molecular complexity index is 317. The summed E-state index contributed by atoms with van der Waals surface area (Å²) in [7, 11) is 0. The van der Waals surface area contributed by atoms with E-state index < -0.39 is 0 Å². The van der Waals surface area contributed by atoms with Crippen molar-refractivity contribution in [3.8, 4) is 0 Å². The van der Waals surface area contributed by atoms with Crippen LogP contribution in [-0.4, -0.2) is 17.8 Å². The van der Waals surface area contributed by atoms with Crippen molar-refractivity contribution in [3.05, 3.63) is 35.9 Å². The van der Waals surface area contributed by atoms with Gasteiger partial charge in [0, 0.05) is 6.04 Å². The lowest BCUT2D eigenvalue weighted by molar-refractivity contribution is 0.223. The van der Waals surface area contributed by atoms with Gasteiger partial charge in [0.25, 0.3) is 0 Å². The van der Waals surface area contributed by atoms with Crippen molar-refractivity contribution < 1.29 is 5.11 Å². The third-order valence-electron chi connectivity index (χ3n) is 3.93. The van der Waals surface area contributed by atoms with E-state index in [1.165, 1.54) is 50.5 Å². The van der Waals surface area contributed by atoms with E-state index in [0.29, 0.717) is 6.04 Å². The van der Waals surface area contributed by atoms with Crippen molar-refractivity contribution in [2.75, 3.05) is 6.61 Å². The topological polar surface area (TPSA) is 32.3 Å². The lowest BCUT2D eigenvalue weighted by atomic mass is 9.95. The van der Waals surface area contributed by atoms with Gasteiger partial charge in [-0.25, -0.2) is 0 Å². The summed E-state index contributed by atoms with van der Waals surface area (Å²) in [6.07, 6.45) is 9.29. The summed E-state index contributed by atoms with van der Waals surface area (Å²) in [6.45, 7) is 0.181. The van der Waals surface area contributed by atoms with E-state index in [1.54, 1.807) is 0 Å². The standard InChI is InChI=1S/C16H25NO/c18-13-16(14-9-5-4-6-10-14)17-15-11-7-2-1-3-8-12-15/h4-6,9-10,15-18H,1-3,7-8,11-13H2.